The smallest absolute Gasteiger partial charge is 0.388 e. The minimum Gasteiger partial charge on any atom is -0.388 e. The molecule has 1 aromatic heterocycles. The molecule has 1 aromatic carbocycles. The lowest BCUT2D eigenvalue weighted by atomic mass is 10.0. The lowest BCUT2D eigenvalue weighted by molar-refractivity contribution is -0.904. The number of rotatable bonds is 2. The van der Waals surface area contributed by atoms with E-state index in [1.807, 2.05) is 0 Å². The maximum Gasteiger partial charge on any atom is 0.418 e. The van der Waals surface area contributed by atoms with E-state index in [0.717, 1.165) is 10.8 Å². The first-order chi connectivity index (χ1) is 8.91. The highest BCUT2D eigenvalue weighted by Gasteiger charge is 2.33. The van der Waals surface area contributed by atoms with Crippen LogP contribution in [0.3, 0.4) is 0 Å². The van der Waals surface area contributed by atoms with Crippen LogP contribution >= 0.6 is 0 Å². The number of hydrogen-bond donors (Lipinski definition) is 2. The van der Waals surface area contributed by atoms with Gasteiger partial charge in [-0.25, -0.2) is 0 Å². The quantitative estimate of drug-likeness (QED) is 0.649. The number of nitrogens with zero attached hydrogens (tertiary/aromatic N) is 1. The van der Waals surface area contributed by atoms with Gasteiger partial charge in [0.15, 0.2) is 0 Å². The first-order valence-electron chi connectivity index (χ1n) is 5.52. The van der Waals surface area contributed by atoms with Crippen molar-refractivity contribution in [3.05, 3.63) is 48.3 Å². The number of benzene rings is 1. The highest BCUT2D eigenvalue weighted by Crippen LogP contribution is 2.37. The van der Waals surface area contributed by atoms with E-state index in [4.69, 9.17) is 5.21 Å². The molecule has 6 heteroatoms. The Morgan fingerprint density at radius 1 is 1.05 bits per heavy atom. The maximum atomic E-state index is 12.9. The van der Waals surface area contributed by atoms with Crippen molar-refractivity contribution in [1.29, 1.82) is 0 Å². The molecule has 0 aliphatic rings. The fourth-order valence-electron chi connectivity index (χ4n) is 1.79. The van der Waals surface area contributed by atoms with Crippen LogP contribution in [0.5, 0.6) is 0 Å². The SMILES string of the molecule is CNc1ccc(-c2cc[n+](O)cc2)cc1C(F)(F)F. The summed E-state index contributed by atoms with van der Waals surface area (Å²) >= 11 is 0. The predicted octanol–water partition coefficient (Wildman–Crippen LogP) is 2.94. The molecule has 0 aliphatic carbocycles. The summed E-state index contributed by atoms with van der Waals surface area (Å²) in [7, 11) is 1.45. The molecule has 100 valence electrons. The Labute approximate surface area is 107 Å². The lowest BCUT2D eigenvalue weighted by Gasteiger charge is -2.14. The summed E-state index contributed by atoms with van der Waals surface area (Å²) < 4.78 is 39.6. The molecule has 2 aromatic rings. The van der Waals surface area contributed by atoms with E-state index >= 15 is 0 Å². The average Bonchev–Trinajstić information content (AvgIpc) is 2.38. The van der Waals surface area contributed by atoms with Gasteiger partial charge < -0.3 is 5.32 Å². The molecule has 0 spiro atoms. The molecule has 0 bridgehead atoms. The number of aromatic nitrogens is 1. The van der Waals surface area contributed by atoms with Crippen molar-refractivity contribution >= 4 is 5.69 Å². The zero-order chi connectivity index (χ0) is 14.0. The first-order valence-corrected chi connectivity index (χ1v) is 5.52. The average molecular weight is 269 g/mol. The summed E-state index contributed by atoms with van der Waals surface area (Å²) in [6, 6.07) is 7.14. The number of nitrogens with one attached hydrogen (secondary N) is 1. The van der Waals surface area contributed by atoms with Crippen molar-refractivity contribution in [1.82, 2.24) is 0 Å². The Kier molecular flexibility index (Phi) is 3.33. The molecule has 0 unspecified atom stereocenters. The van der Waals surface area contributed by atoms with Crippen LogP contribution in [0.2, 0.25) is 0 Å². The van der Waals surface area contributed by atoms with Crippen molar-refractivity contribution < 1.29 is 23.1 Å². The van der Waals surface area contributed by atoms with Gasteiger partial charge in [-0.05, 0) is 23.3 Å². The van der Waals surface area contributed by atoms with Crippen molar-refractivity contribution in [3.63, 3.8) is 0 Å². The fourth-order valence-corrected chi connectivity index (χ4v) is 1.79. The predicted molar refractivity (Wildman–Crippen MR) is 63.8 cm³/mol. The molecule has 0 fully saturated rings. The Hall–Kier alpha value is -2.24. The standard InChI is InChI=1S/C13H11F3N2O/c1-17-12-3-2-10(8-11(12)13(14,15)16)9-4-6-18(19)7-5-9/h2-8,19H,1H3/p+1. The Bertz CT molecular complexity index is 579. The molecule has 1 heterocycles. The van der Waals surface area contributed by atoms with Gasteiger partial charge in [0.05, 0.1) is 5.56 Å². The number of hydrogen-bond acceptors (Lipinski definition) is 2. The van der Waals surface area contributed by atoms with E-state index in [-0.39, 0.29) is 5.69 Å². The summed E-state index contributed by atoms with van der Waals surface area (Å²) in [5.41, 5.74) is 0.350. The minimum atomic E-state index is -4.42. The maximum absolute atomic E-state index is 12.9. The molecule has 19 heavy (non-hydrogen) atoms. The van der Waals surface area contributed by atoms with Gasteiger partial charge in [0.1, 0.15) is 0 Å². The van der Waals surface area contributed by atoms with E-state index in [1.54, 1.807) is 6.07 Å². The number of halogens is 3. The molecule has 0 saturated heterocycles. The zero-order valence-corrected chi connectivity index (χ0v) is 10.1. The van der Waals surface area contributed by atoms with Gasteiger partial charge in [0.25, 0.3) is 0 Å². The number of alkyl halides is 3. The van der Waals surface area contributed by atoms with Crippen molar-refractivity contribution in [2.75, 3.05) is 12.4 Å². The second kappa shape index (κ2) is 4.79. The molecule has 0 amide bonds. The third-order valence-corrected chi connectivity index (χ3v) is 2.74. The summed E-state index contributed by atoms with van der Waals surface area (Å²) in [4.78, 5) is 0. The number of anilines is 1. The van der Waals surface area contributed by atoms with Gasteiger partial charge in [-0.1, -0.05) is 6.07 Å². The van der Waals surface area contributed by atoms with Crippen LogP contribution in [0.25, 0.3) is 11.1 Å². The molecule has 2 rings (SSSR count). The Morgan fingerprint density at radius 2 is 1.68 bits per heavy atom. The van der Waals surface area contributed by atoms with Crippen LogP contribution in [0, 0.1) is 0 Å². The third-order valence-electron chi connectivity index (χ3n) is 2.74. The summed E-state index contributed by atoms with van der Waals surface area (Å²) in [6.45, 7) is 0. The topological polar surface area (TPSA) is 36.1 Å². The second-order valence-electron chi connectivity index (χ2n) is 3.97. The Balaban J connectivity index is 2.52. The van der Waals surface area contributed by atoms with Gasteiger partial charge in [-0.3, -0.25) is 5.21 Å². The van der Waals surface area contributed by atoms with Gasteiger partial charge in [0.2, 0.25) is 12.4 Å². The summed E-state index contributed by atoms with van der Waals surface area (Å²) in [5, 5.41) is 11.6. The van der Waals surface area contributed by atoms with E-state index < -0.39 is 11.7 Å². The zero-order valence-electron chi connectivity index (χ0n) is 10.1. The third kappa shape index (κ3) is 2.78. The van der Waals surface area contributed by atoms with Gasteiger partial charge in [0, 0.05) is 29.6 Å². The monoisotopic (exact) mass is 269 g/mol. The molecule has 2 N–H and O–H groups in total. The van der Waals surface area contributed by atoms with E-state index in [1.165, 1.54) is 37.6 Å². The largest absolute Gasteiger partial charge is 0.418 e. The summed E-state index contributed by atoms with van der Waals surface area (Å²) in [6.07, 6.45) is -1.71. The molecule has 3 nitrogen and oxygen atoms in total. The summed E-state index contributed by atoms with van der Waals surface area (Å²) in [5.74, 6) is 0. The van der Waals surface area contributed by atoms with Gasteiger partial charge in [-0.2, -0.15) is 13.2 Å². The molecular formula is C13H12F3N2O+. The highest BCUT2D eigenvalue weighted by atomic mass is 19.4. The first kappa shape index (κ1) is 13.2. The molecule has 0 radical (unpaired) electrons. The molecule has 0 saturated carbocycles. The van der Waals surface area contributed by atoms with Crippen molar-refractivity contribution in [2.24, 2.45) is 0 Å². The van der Waals surface area contributed by atoms with Crippen LogP contribution in [-0.4, -0.2) is 12.3 Å². The van der Waals surface area contributed by atoms with E-state index in [0.29, 0.717) is 11.1 Å². The van der Waals surface area contributed by atoms with Crippen molar-refractivity contribution in [2.45, 2.75) is 6.18 Å². The normalized spacial score (nSPS) is 11.4. The van der Waals surface area contributed by atoms with Gasteiger partial charge in [-0.15, -0.1) is 0 Å². The van der Waals surface area contributed by atoms with Crippen LogP contribution < -0.4 is 10.0 Å². The second-order valence-corrected chi connectivity index (χ2v) is 3.97. The number of pyridine rings is 1. The fraction of sp³-hybridized carbons (Fsp3) is 0.154. The minimum absolute atomic E-state index is 0.0319. The lowest BCUT2D eigenvalue weighted by Crippen LogP contribution is -2.27. The molecule has 0 atom stereocenters. The van der Waals surface area contributed by atoms with Crippen LogP contribution in [0.15, 0.2) is 42.7 Å². The van der Waals surface area contributed by atoms with E-state index in [9.17, 15) is 13.2 Å². The van der Waals surface area contributed by atoms with Crippen molar-refractivity contribution in [3.8, 4) is 11.1 Å². The Morgan fingerprint density at radius 3 is 2.21 bits per heavy atom. The van der Waals surface area contributed by atoms with Crippen LogP contribution in [0.1, 0.15) is 5.56 Å². The molecule has 0 aliphatic heterocycles. The van der Waals surface area contributed by atoms with E-state index in [2.05, 4.69) is 5.32 Å². The van der Waals surface area contributed by atoms with Gasteiger partial charge >= 0.3 is 6.18 Å². The highest BCUT2D eigenvalue weighted by molar-refractivity contribution is 5.68. The molecular weight excluding hydrogens is 257 g/mol. The van der Waals surface area contributed by atoms with Crippen LogP contribution in [-0.2, 0) is 6.18 Å². The van der Waals surface area contributed by atoms with Crippen LogP contribution in [0.4, 0.5) is 18.9 Å².